The van der Waals surface area contributed by atoms with E-state index in [4.69, 9.17) is 26.4 Å². The van der Waals surface area contributed by atoms with E-state index in [1.807, 2.05) is 30.3 Å². The van der Waals surface area contributed by atoms with Gasteiger partial charge in [0.15, 0.2) is 11.5 Å². The van der Waals surface area contributed by atoms with Crippen LogP contribution in [0.15, 0.2) is 36.4 Å². The summed E-state index contributed by atoms with van der Waals surface area (Å²) in [6.45, 7) is 0.762. The molecule has 3 heterocycles. The summed E-state index contributed by atoms with van der Waals surface area (Å²) in [5.74, 6) is 2.31. The smallest absolute Gasteiger partial charge is 0.231 e. The Hall–Kier alpha value is -2.27. The van der Waals surface area contributed by atoms with Crippen molar-refractivity contribution in [1.29, 1.82) is 0 Å². The van der Waals surface area contributed by atoms with Crippen molar-refractivity contribution in [2.75, 3.05) is 18.7 Å². The minimum absolute atomic E-state index is 0.254. The van der Waals surface area contributed by atoms with Crippen molar-refractivity contribution in [3.63, 3.8) is 0 Å². The Bertz CT molecular complexity index is 804. The van der Waals surface area contributed by atoms with Crippen molar-refractivity contribution < 1.29 is 14.2 Å². The summed E-state index contributed by atoms with van der Waals surface area (Å²) in [7, 11) is 0. The zero-order valence-electron chi connectivity index (χ0n) is 11.0. The molecule has 5 rings (SSSR count). The summed E-state index contributed by atoms with van der Waals surface area (Å²) >= 11 is 5.64. The fraction of sp³-hybridized carbons (Fsp3) is 0.188. The number of anilines is 1. The normalized spacial score (nSPS) is 23.7. The molecule has 0 saturated heterocycles. The summed E-state index contributed by atoms with van der Waals surface area (Å²) in [4.78, 5) is 0.779. The van der Waals surface area contributed by atoms with Crippen LogP contribution < -0.4 is 19.5 Å². The molecule has 0 aromatic heterocycles. The van der Waals surface area contributed by atoms with E-state index in [0.29, 0.717) is 6.61 Å². The molecule has 4 nitrogen and oxygen atoms in total. The van der Waals surface area contributed by atoms with Gasteiger partial charge in [-0.15, -0.1) is 0 Å². The molecule has 1 spiro atoms. The SMILES string of the molecule is S=C1Nc2ccccc2C12COc1cc3c(cc12)OCO3. The van der Waals surface area contributed by atoms with Crippen molar-refractivity contribution in [1.82, 2.24) is 0 Å². The zero-order chi connectivity index (χ0) is 14.0. The van der Waals surface area contributed by atoms with Crippen LogP contribution in [0, 0.1) is 0 Å². The number of nitrogens with one attached hydrogen (secondary N) is 1. The second kappa shape index (κ2) is 3.68. The van der Waals surface area contributed by atoms with Gasteiger partial charge in [0.1, 0.15) is 17.8 Å². The fourth-order valence-electron chi connectivity index (χ4n) is 3.37. The van der Waals surface area contributed by atoms with Crippen molar-refractivity contribution in [3.05, 3.63) is 47.5 Å². The number of rotatable bonds is 0. The minimum Gasteiger partial charge on any atom is -0.491 e. The van der Waals surface area contributed by atoms with Crippen LogP contribution in [-0.2, 0) is 5.41 Å². The maximum atomic E-state index is 5.93. The van der Waals surface area contributed by atoms with Gasteiger partial charge in [-0.05, 0) is 17.7 Å². The lowest BCUT2D eigenvalue weighted by atomic mass is 9.77. The monoisotopic (exact) mass is 297 g/mol. The number of thiocarbonyl (C=S) groups is 1. The van der Waals surface area contributed by atoms with Crippen LogP contribution in [0.25, 0.3) is 0 Å². The van der Waals surface area contributed by atoms with Crippen molar-refractivity contribution in [2.45, 2.75) is 5.41 Å². The minimum atomic E-state index is -0.414. The summed E-state index contributed by atoms with van der Waals surface area (Å²) < 4.78 is 16.9. The first-order valence-electron chi connectivity index (χ1n) is 6.77. The molecule has 2 aromatic carbocycles. The second-order valence-electron chi connectivity index (χ2n) is 5.40. The molecule has 0 saturated carbocycles. The Morgan fingerprint density at radius 2 is 1.76 bits per heavy atom. The van der Waals surface area contributed by atoms with Crippen LogP contribution in [0.1, 0.15) is 11.1 Å². The standard InChI is InChI=1S/C16H11NO3S/c21-15-16(9-3-1-2-4-11(9)17-15)7-18-12-6-14-13(5-10(12)16)19-8-20-14/h1-6H,7-8H2,(H,17,21). The van der Waals surface area contributed by atoms with E-state index in [2.05, 4.69) is 11.4 Å². The summed E-state index contributed by atoms with van der Waals surface area (Å²) in [5, 5.41) is 3.32. The van der Waals surface area contributed by atoms with E-state index in [-0.39, 0.29) is 6.79 Å². The average molecular weight is 297 g/mol. The average Bonchev–Trinajstić information content (AvgIpc) is 3.16. The van der Waals surface area contributed by atoms with Gasteiger partial charge in [-0.3, -0.25) is 0 Å². The quantitative estimate of drug-likeness (QED) is 0.757. The van der Waals surface area contributed by atoms with Gasteiger partial charge < -0.3 is 19.5 Å². The van der Waals surface area contributed by atoms with Crippen molar-refractivity contribution >= 4 is 22.9 Å². The van der Waals surface area contributed by atoms with Gasteiger partial charge in [0.2, 0.25) is 6.79 Å². The highest BCUT2D eigenvalue weighted by molar-refractivity contribution is 7.80. The third-order valence-electron chi connectivity index (χ3n) is 4.40. The lowest BCUT2D eigenvalue weighted by Crippen LogP contribution is -2.35. The highest BCUT2D eigenvalue weighted by atomic mass is 32.1. The molecule has 0 amide bonds. The van der Waals surface area contributed by atoms with Crippen LogP contribution in [0.2, 0.25) is 0 Å². The first-order chi connectivity index (χ1) is 10.3. The summed E-state index contributed by atoms with van der Waals surface area (Å²) in [6, 6.07) is 12.1. The number of fused-ring (bicyclic) bond motifs is 5. The fourth-order valence-corrected chi connectivity index (χ4v) is 3.76. The van der Waals surface area contributed by atoms with Gasteiger partial charge in [-0.1, -0.05) is 30.4 Å². The molecule has 1 unspecified atom stereocenters. The highest BCUT2D eigenvalue weighted by Crippen LogP contribution is 2.53. The first kappa shape index (κ1) is 11.4. The Morgan fingerprint density at radius 3 is 2.67 bits per heavy atom. The van der Waals surface area contributed by atoms with E-state index >= 15 is 0 Å². The number of para-hydroxylation sites is 1. The second-order valence-corrected chi connectivity index (χ2v) is 5.80. The molecule has 1 N–H and O–H groups in total. The maximum Gasteiger partial charge on any atom is 0.231 e. The van der Waals surface area contributed by atoms with E-state index in [1.54, 1.807) is 0 Å². The molecule has 0 bridgehead atoms. The van der Waals surface area contributed by atoms with Crippen LogP contribution >= 0.6 is 12.2 Å². The maximum absolute atomic E-state index is 5.93. The van der Waals surface area contributed by atoms with Crippen LogP contribution in [0.5, 0.6) is 17.2 Å². The van der Waals surface area contributed by atoms with E-state index in [1.165, 1.54) is 0 Å². The molecular weight excluding hydrogens is 286 g/mol. The third-order valence-corrected chi connectivity index (χ3v) is 4.85. The number of hydrogen-bond acceptors (Lipinski definition) is 4. The molecule has 1 atom stereocenters. The van der Waals surface area contributed by atoms with Crippen LogP contribution in [0.4, 0.5) is 5.69 Å². The predicted octanol–water partition coefficient (Wildman–Crippen LogP) is 2.85. The predicted molar refractivity (Wildman–Crippen MR) is 81.5 cm³/mol. The molecular formula is C16H11NO3S. The van der Waals surface area contributed by atoms with Gasteiger partial charge in [0.25, 0.3) is 0 Å². The zero-order valence-corrected chi connectivity index (χ0v) is 11.8. The lowest BCUT2D eigenvalue weighted by Gasteiger charge is -2.22. The molecule has 104 valence electrons. The molecule has 0 radical (unpaired) electrons. The Balaban J connectivity index is 1.79. The van der Waals surface area contributed by atoms with Crippen molar-refractivity contribution in [3.8, 4) is 17.2 Å². The van der Waals surface area contributed by atoms with Crippen LogP contribution in [0.3, 0.4) is 0 Å². The van der Waals surface area contributed by atoms with E-state index in [0.717, 1.165) is 39.1 Å². The van der Waals surface area contributed by atoms with E-state index < -0.39 is 5.41 Å². The van der Waals surface area contributed by atoms with Gasteiger partial charge in [0.05, 0.1) is 4.99 Å². The van der Waals surface area contributed by atoms with Gasteiger partial charge in [-0.2, -0.15) is 0 Å². The Morgan fingerprint density at radius 1 is 0.952 bits per heavy atom. The number of ether oxygens (including phenoxy) is 3. The molecule has 2 aromatic rings. The third kappa shape index (κ3) is 1.27. The topological polar surface area (TPSA) is 39.7 Å². The van der Waals surface area contributed by atoms with Crippen LogP contribution in [-0.4, -0.2) is 18.4 Å². The van der Waals surface area contributed by atoms with Gasteiger partial charge in [-0.25, -0.2) is 0 Å². The van der Waals surface area contributed by atoms with Gasteiger partial charge in [0, 0.05) is 17.3 Å². The first-order valence-corrected chi connectivity index (χ1v) is 7.18. The van der Waals surface area contributed by atoms with Crippen molar-refractivity contribution in [2.24, 2.45) is 0 Å². The molecule has 3 aliphatic heterocycles. The highest BCUT2D eigenvalue weighted by Gasteiger charge is 2.51. The Kier molecular flexibility index (Phi) is 2.00. The molecule has 5 heteroatoms. The number of benzene rings is 2. The molecule has 0 fully saturated rings. The largest absolute Gasteiger partial charge is 0.491 e. The van der Waals surface area contributed by atoms with Gasteiger partial charge >= 0.3 is 0 Å². The number of hydrogen-bond donors (Lipinski definition) is 1. The summed E-state index contributed by atoms with van der Waals surface area (Å²) in [6.07, 6.45) is 0. The lowest BCUT2D eigenvalue weighted by molar-refractivity contribution is 0.173. The molecule has 3 aliphatic rings. The molecule has 0 aliphatic carbocycles. The molecule has 21 heavy (non-hydrogen) atoms. The summed E-state index contributed by atoms with van der Waals surface area (Å²) in [5.41, 5.74) is 2.85. The van der Waals surface area contributed by atoms with E-state index in [9.17, 15) is 0 Å². The Labute approximate surface area is 126 Å².